The number of guanidine groups is 1. The molecule has 0 amide bonds. The van der Waals surface area contributed by atoms with E-state index in [4.69, 9.17) is 0 Å². The predicted octanol–water partition coefficient (Wildman–Crippen LogP) is 0.819. The van der Waals surface area contributed by atoms with E-state index in [2.05, 4.69) is 22.1 Å². The maximum Gasteiger partial charge on any atom is 0.194 e. The van der Waals surface area contributed by atoms with E-state index in [9.17, 15) is 5.11 Å². The van der Waals surface area contributed by atoms with Gasteiger partial charge in [-0.15, -0.1) is 0 Å². The summed E-state index contributed by atoms with van der Waals surface area (Å²) in [5.41, 5.74) is 0. The van der Waals surface area contributed by atoms with E-state index < -0.39 is 0 Å². The summed E-state index contributed by atoms with van der Waals surface area (Å²) in [7, 11) is 0. The number of hydrogen-bond donors (Lipinski definition) is 2. The molecule has 0 aromatic rings. The zero-order valence-corrected chi connectivity index (χ0v) is 10.2. The molecule has 2 N–H and O–H groups in total. The third-order valence-electron chi connectivity index (χ3n) is 3.29. The van der Waals surface area contributed by atoms with Crippen LogP contribution in [0.1, 0.15) is 32.6 Å². The van der Waals surface area contributed by atoms with Crippen LogP contribution >= 0.6 is 0 Å². The highest BCUT2D eigenvalue weighted by molar-refractivity contribution is 5.80. The lowest BCUT2D eigenvalue weighted by molar-refractivity contribution is 0.188. The Hall–Kier alpha value is -0.770. The van der Waals surface area contributed by atoms with Crippen molar-refractivity contribution in [2.45, 2.75) is 38.7 Å². The Morgan fingerprint density at radius 1 is 1.44 bits per heavy atom. The molecule has 2 rings (SSSR count). The average Bonchev–Trinajstić information content (AvgIpc) is 2.99. The number of nitrogens with one attached hydrogen (secondary N) is 1. The maximum absolute atomic E-state index is 9.52. The van der Waals surface area contributed by atoms with E-state index in [1.165, 1.54) is 19.3 Å². The molecular formula is C12H23N3O. The molecule has 0 aromatic heterocycles. The number of β-amino-alcohol motifs (C(OH)–C–C–N with tert-alkyl or cyclic N) is 1. The molecular weight excluding hydrogens is 202 g/mol. The van der Waals surface area contributed by atoms with E-state index in [0.29, 0.717) is 0 Å². The van der Waals surface area contributed by atoms with Crippen LogP contribution in [-0.2, 0) is 0 Å². The quantitative estimate of drug-likeness (QED) is 0.550. The summed E-state index contributed by atoms with van der Waals surface area (Å²) < 4.78 is 0. The van der Waals surface area contributed by atoms with E-state index in [0.717, 1.165) is 44.5 Å². The Morgan fingerprint density at radius 3 is 2.81 bits per heavy atom. The lowest BCUT2D eigenvalue weighted by Gasteiger charge is -2.20. The van der Waals surface area contributed by atoms with Gasteiger partial charge < -0.3 is 15.3 Å². The van der Waals surface area contributed by atoms with Crippen LogP contribution in [0.3, 0.4) is 0 Å². The van der Waals surface area contributed by atoms with Crippen LogP contribution in [0.5, 0.6) is 0 Å². The van der Waals surface area contributed by atoms with Crippen molar-refractivity contribution >= 4 is 5.96 Å². The minimum Gasteiger partial charge on any atom is -0.391 e. The van der Waals surface area contributed by atoms with Crippen LogP contribution in [0.15, 0.2) is 4.99 Å². The molecule has 0 unspecified atom stereocenters. The minimum atomic E-state index is -0.174. The first-order valence-corrected chi connectivity index (χ1v) is 6.51. The first-order chi connectivity index (χ1) is 7.79. The van der Waals surface area contributed by atoms with Crippen molar-refractivity contribution in [2.75, 3.05) is 26.2 Å². The van der Waals surface area contributed by atoms with Gasteiger partial charge in [0.25, 0.3) is 0 Å². The molecule has 1 heterocycles. The van der Waals surface area contributed by atoms with Crippen molar-refractivity contribution in [1.29, 1.82) is 0 Å². The molecule has 1 saturated carbocycles. The van der Waals surface area contributed by atoms with Crippen molar-refractivity contribution in [3.8, 4) is 0 Å². The zero-order valence-electron chi connectivity index (χ0n) is 10.2. The standard InChI is InChI=1S/C12H23N3O/c1-2-13-12(14-7-5-10-3-4-10)15-8-6-11(16)9-15/h10-11,16H,2-9H2,1H3,(H,13,14)/t11-/m1/s1. The molecule has 1 atom stereocenters. The van der Waals surface area contributed by atoms with Crippen molar-refractivity contribution in [1.82, 2.24) is 10.2 Å². The fourth-order valence-electron chi connectivity index (χ4n) is 2.12. The van der Waals surface area contributed by atoms with E-state index in [-0.39, 0.29) is 6.10 Å². The van der Waals surface area contributed by atoms with Crippen LogP contribution in [0, 0.1) is 5.92 Å². The summed E-state index contributed by atoms with van der Waals surface area (Å²) in [5, 5.41) is 12.8. The highest BCUT2D eigenvalue weighted by atomic mass is 16.3. The van der Waals surface area contributed by atoms with Crippen LogP contribution in [-0.4, -0.2) is 48.2 Å². The topological polar surface area (TPSA) is 47.9 Å². The van der Waals surface area contributed by atoms with Gasteiger partial charge in [0.05, 0.1) is 6.10 Å². The normalized spacial score (nSPS) is 26.2. The Labute approximate surface area is 97.7 Å². The summed E-state index contributed by atoms with van der Waals surface area (Å²) >= 11 is 0. The van der Waals surface area contributed by atoms with Gasteiger partial charge in [0.2, 0.25) is 0 Å². The van der Waals surface area contributed by atoms with Crippen molar-refractivity contribution in [3.05, 3.63) is 0 Å². The molecule has 0 radical (unpaired) electrons. The summed E-state index contributed by atoms with van der Waals surface area (Å²) in [6.45, 7) is 5.57. The van der Waals surface area contributed by atoms with Gasteiger partial charge in [0, 0.05) is 26.2 Å². The molecule has 0 aromatic carbocycles. The molecule has 0 spiro atoms. The Morgan fingerprint density at radius 2 is 2.25 bits per heavy atom. The molecule has 16 heavy (non-hydrogen) atoms. The van der Waals surface area contributed by atoms with Crippen LogP contribution < -0.4 is 5.32 Å². The van der Waals surface area contributed by atoms with Gasteiger partial charge in [-0.25, -0.2) is 0 Å². The molecule has 2 aliphatic rings. The number of aliphatic imine (C=N–C) groups is 1. The predicted molar refractivity (Wildman–Crippen MR) is 65.5 cm³/mol. The molecule has 1 saturated heterocycles. The monoisotopic (exact) mass is 225 g/mol. The van der Waals surface area contributed by atoms with Crippen LogP contribution in [0.4, 0.5) is 0 Å². The van der Waals surface area contributed by atoms with E-state index in [1.54, 1.807) is 0 Å². The lowest BCUT2D eigenvalue weighted by Crippen LogP contribution is -2.40. The molecule has 4 nitrogen and oxygen atoms in total. The van der Waals surface area contributed by atoms with E-state index in [1.807, 2.05) is 0 Å². The summed E-state index contributed by atoms with van der Waals surface area (Å²) in [4.78, 5) is 6.80. The first-order valence-electron chi connectivity index (χ1n) is 6.51. The maximum atomic E-state index is 9.52. The summed E-state index contributed by atoms with van der Waals surface area (Å²) in [6.07, 6.45) is 4.72. The second kappa shape index (κ2) is 5.53. The number of aliphatic hydroxyl groups excluding tert-OH is 1. The average molecular weight is 225 g/mol. The van der Waals surface area contributed by atoms with Crippen LogP contribution in [0.25, 0.3) is 0 Å². The minimum absolute atomic E-state index is 0.174. The molecule has 2 fully saturated rings. The van der Waals surface area contributed by atoms with Crippen molar-refractivity contribution in [2.24, 2.45) is 10.9 Å². The van der Waals surface area contributed by atoms with E-state index >= 15 is 0 Å². The molecule has 1 aliphatic carbocycles. The molecule has 4 heteroatoms. The highest BCUT2D eigenvalue weighted by Crippen LogP contribution is 2.32. The smallest absolute Gasteiger partial charge is 0.194 e. The fraction of sp³-hybridized carbons (Fsp3) is 0.917. The Kier molecular flexibility index (Phi) is 4.04. The summed E-state index contributed by atoms with van der Waals surface area (Å²) in [5.74, 6) is 1.93. The number of hydrogen-bond acceptors (Lipinski definition) is 2. The lowest BCUT2D eigenvalue weighted by atomic mass is 10.3. The highest BCUT2D eigenvalue weighted by Gasteiger charge is 2.23. The third kappa shape index (κ3) is 3.37. The second-order valence-electron chi connectivity index (χ2n) is 4.86. The van der Waals surface area contributed by atoms with Gasteiger partial charge in [0.15, 0.2) is 5.96 Å². The Bertz CT molecular complexity index is 251. The Balaban J connectivity index is 1.81. The fourth-order valence-corrected chi connectivity index (χ4v) is 2.12. The van der Waals surface area contributed by atoms with Crippen LogP contribution in [0.2, 0.25) is 0 Å². The van der Waals surface area contributed by atoms with Gasteiger partial charge in [-0.05, 0) is 25.7 Å². The van der Waals surface area contributed by atoms with Crippen molar-refractivity contribution in [3.63, 3.8) is 0 Å². The number of nitrogens with zero attached hydrogens (tertiary/aromatic N) is 2. The molecule has 92 valence electrons. The van der Waals surface area contributed by atoms with Gasteiger partial charge in [-0.2, -0.15) is 0 Å². The van der Waals surface area contributed by atoms with Gasteiger partial charge >= 0.3 is 0 Å². The first kappa shape index (κ1) is 11.7. The number of likely N-dealkylation sites (tertiary alicyclic amines) is 1. The zero-order chi connectivity index (χ0) is 11.4. The van der Waals surface area contributed by atoms with Gasteiger partial charge in [0.1, 0.15) is 0 Å². The third-order valence-corrected chi connectivity index (χ3v) is 3.29. The molecule has 1 aliphatic heterocycles. The van der Waals surface area contributed by atoms with Crippen molar-refractivity contribution < 1.29 is 5.11 Å². The number of aliphatic hydroxyl groups is 1. The SMILES string of the molecule is CCNC(=NCCC1CC1)N1CC[C@@H](O)C1. The van der Waals surface area contributed by atoms with Gasteiger partial charge in [-0.3, -0.25) is 4.99 Å². The summed E-state index contributed by atoms with van der Waals surface area (Å²) in [6, 6.07) is 0. The number of rotatable bonds is 4. The second-order valence-corrected chi connectivity index (χ2v) is 4.86. The largest absolute Gasteiger partial charge is 0.391 e. The molecule has 0 bridgehead atoms. The van der Waals surface area contributed by atoms with Gasteiger partial charge in [-0.1, -0.05) is 12.8 Å².